The molecule has 2 aromatic carbocycles. The first kappa shape index (κ1) is 23.2. The van der Waals surface area contributed by atoms with Crippen molar-refractivity contribution in [1.82, 2.24) is 0 Å². The van der Waals surface area contributed by atoms with Crippen LogP contribution in [-0.4, -0.2) is 34.6 Å². The average Bonchev–Trinajstić information content (AvgIpc) is 2.65. The van der Waals surface area contributed by atoms with Gasteiger partial charge in [-0.15, -0.1) is 0 Å². The van der Waals surface area contributed by atoms with E-state index in [1.54, 1.807) is 0 Å². The molecule has 2 rings (SSSR count). The minimum Gasteiger partial charge on any atom is -0.488 e. The maximum absolute atomic E-state index is 8.95. The summed E-state index contributed by atoms with van der Waals surface area (Å²) in [5.41, 5.74) is 1.62. The fraction of sp³-hybridized carbons (Fsp3) is 0.520. The summed E-state index contributed by atoms with van der Waals surface area (Å²) in [5.74, 6) is 1.68. The number of aryl methyl sites for hydroxylation is 2. The molecule has 0 saturated carbocycles. The fourth-order valence-corrected chi connectivity index (χ4v) is 3.75. The zero-order valence-corrected chi connectivity index (χ0v) is 18.3. The van der Waals surface area contributed by atoms with Gasteiger partial charge in [0.1, 0.15) is 22.7 Å². The highest BCUT2D eigenvalue weighted by atomic mass is 16.5. The molecule has 0 aromatic heterocycles. The van der Waals surface area contributed by atoms with Crippen molar-refractivity contribution in [3.63, 3.8) is 0 Å². The van der Waals surface area contributed by atoms with Crippen LogP contribution in [0.25, 0.3) is 0 Å². The second-order valence-electron chi connectivity index (χ2n) is 8.84. The van der Waals surface area contributed by atoms with Crippen LogP contribution >= 0.6 is 0 Å². The van der Waals surface area contributed by atoms with Crippen molar-refractivity contribution in [1.29, 1.82) is 0 Å². The molecule has 0 unspecified atom stereocenters. The molecule has 0 fully saturated rings. The Hall–Kier alpha value is -2.04. The molecule has 160 valence electrons. The molecule has 0 aliphatic heterocycles. The van der Waals surface area contributed by atoms with Gasteiger partial charge in [0.15, 0.2) is 0 Å². The Balaban J connectivity index is 1.93. The van der Waals surface area contributed by atoms with Crippen molar-refractivity contribution >= 4 is 0 Å². The lowest BCUT2D eigenvalue weighted by Crippen LogP contribution is -2.41. The van der Waals surface area contributed by atoms with Crippen molar-refractivity contribution in [3.05, 3.63) is 59.7 Å². The molecule has 4 nitrogen and oxygen atoms in total. The maximum atomic E-state index is 8.95. The van der Waals surface area contributed by atoms with Crippen LogP contribution in [0.5, 0.6) is 11.5 Å². The van der Waals surface area contributed by atoms with E-state index >= 15 is 0 Å². The monoisotopic (exact) mass is 400 g/mol. The largest absolute Gasteiger partial charge is 0.488 e. The van der Waals surface area contributed by atoms with Crippen molar-refractivity contribution in [2.45, 2.75) is 71.0 Å². The number of benzene rings is 2. The van der Waals surface area contributed by atoms with Gasteiger partial charge in [-0.2, -0.15) is 0 Å². The Labute approximate surface area is 175 Å². The number of hydrogen-bond donors (Lipinski definition) is 2. The molecule has 0 aliphatic carbocycles. The highest BCUT2D eigenvalue weighted by Crippen LogP contribution is 2.30. The van der Waals surface area contributed by atoms with E-state index in [1.165, 1.54) is 11.1 Å². The van der Waals surface area contributed by atoms with E-state index in [0.717, 1.165) is 43.6 Å². The van der Waals surface area contributed by atoms with Crippen LogP contribution in [0.15, 0.2) is 48.5 Å². The Kier molecular flexibility index (Phi) is 8.54. The van der Waals surface area contributed by atoms with Gasteiger partial charge < -0.3 is 19.7 Å². The van der Waals surface area contributed by atoms with Crippen LogP contribution in [-0.2, 0) is 12.8 Å². The van der Waals surface area contributed by atoms with Gasteiger partial charge in [-0.05, 0) is 88.8 Å². The number of hydrogen-bond acceptors (Lipinski definition) is 4. The first-order valence-electron chi connectivity index (χ1n) is 10.5. The van der Waals surface area contributed by atoms with Crippen LogP contribution in [0, 0.1) is 0 Å². The van der Waals surface area contributed by atoms with Gasteiger partial charge in [-0.3, -0.25) is 0 Å². The zero-order chi connectivity index (χ0) is 21.3. The Bertz CT molecular complexity index is 654. The van der Waals surface area contributed by atoms with E-state index in [1.807, 2.05) is 24.3 Å². The van der Waals surface area contributed by atoms with Crippen LogP contribution in [0.4, 0.5) is 0 Å². The third-order valence-electron chi connectivity index (χ3n) is 4.73. The Morgan fingerprint density at radius 3 is 1.28 bits per heavy atom. The van der Waals surface area contributed by atoms with E-state index in [4.69, 9.17) is 19.7 Å². The fourth-order valence-electron chi connectivity index (χ4n) is 3.75. The molecular formula is C25H36O4. The smallest absolute Gasteiger partial charge is 0.120 e. The highest BCUT2D eigenvalue weighted by molar-refractivity contribution is 5.29. The summed E-state index contributed by atoms with van der Waals surface area (Å²) < 4.78 is 12.5. The van der Waals surface area contributed by atoms with Gasteiger partial charge >= 0.3 is 0 Å². The van der Waals surface area contributed by atoms with Crippen molar-refractivity contribution in [2.75, 3.05) is 13.2 Å². The maximum Gasteiger partial charge on any atom is 0.120 e. The molecule has 0 atom stereocenters. The quantitative estimate of drug-likeness (QED) is 0.530. The normalized spacial score (nSPS) is 12.1. The highest BCUT2D eigenvalue weighted by Gasteiger charge is 2.32. The number of ether oxygens (including phenoxy) is 2. The average molecular weight is 401 g/mol. The molecule has 0 saturated heterocycles. The predicted molar refractivity (Wildman–Crippen MR) is 118 cm³/mol. The summed E-state index contributed by atoms with van der Waals surface area (Å²) in [6.45, 7) is 8.74. The molecular weight excluding hydrogens is 364 g/mol. The minimum absolute atomic E-state index is 0.214. The van der Waals surface area contributed by atoms with E-state index < -0.39 is 11.2 Å². The van der Waals surface area contributed by atoms with E-state index in [-0.39, 0.29) is 13.2 Å². The number of rotatable bonds is 12. The number of aliphatic hydroxyl groups excluding tert-OH is 2. The van der Waals surface area contributed by atoms with Crippen LogP contribution in [0.1, 0.15) is 58.1 Å². The molecule has 0 aliphatic rings. The Morgan fingerprint density at radius 2 is 0.966 bits per heavy atom. The lowest BCUT2D eigenvalue weighted by molar-refractivity contribution is 0.00503. The summed E-state index contributed by atoms with van der Waals surface area (Å²) in [6.07, 6.45) is 4.03. The van der Waals surface area contributed by atoms with E-state index in [9.17, 15) is 0 Å². The third-order valence-corrected chi connectivity index (χ3v) is 4.73. The van der Waals surface area contributed by atoms with Gasteiger partial charge in [-0.1, -0.05) is 24.3 Å². The van der Waals surface area contributed by atoms with Gasteiger partial charge in [0, 0.05) is 19.6 Å². The SMILES string of the molecule is CC(C)(CC(C)(C)Oc1ccc(CCCO)cc1)Oc1ccc(CCCO)cc1. The summed E-state index contributed by atoms with van der Waals surface area (Å²) in [5, 5.41) is 17.9. The van der Waals surface area contributed by atoms with Gasteiger partial charge in [0.05, 0.1) is 0 Å². The second-order valence-corrected chi connectivity index (χ2v) is 8.84. The number of aliphatic hydroxyl groups is 2. The van der Waals surface area contributed by atoms with Gasteiger partial charge in [0.2, 0.25) is 0 Å². The van der Waals surface area contributed by atoms with E-state index in [2.05, 4.69) is 52.0 Å². The third kappa shape index (κ3) is 8.46. The molecule has 29 heavy (non-hydrogen) atoms. The molecule has 0 radical (unpaired) electrons. The second kappa shape index (κ2) is 10.7. The first-order valence-corrected chi connectivity index (χ1v) is 10.5. The minimum atomic E-state index is -0.392. The summed E-state index contributed by atoms with van der Waals surface area (Å²) in [7, 11) is 0. The zero-order valence-electron chi connectivity index (χ0n) is 18.3. The van der Waals surface area contributed by atoms with Crippen LogP contribution < -0.4 is 9.47 Å². The molecule has 0 heterocycles. The van der Waals surface area contributed by atoms with Crippen LogP contribution in [0.2, 0.25) is 0 Å². The topological polar surface area (TPSA) is 58.9 Å². The summed E-state index contributed by atoms with van der Waals surface area (Å²) in [6, 6.07) is 16.2. The molecule has 4 heteroatoms. The van der Waals surface area contributed by atoms with Gasteiger partial charge in [-0.25, -0.2) is 0 Å². The van der Waals surface area contributed by atoms with Crippen LogP contribution in [0.3, 0.4) is 0 Å². The molecule has 0 bridgehead atoms. The first-order chi connectivity index (χ1) is 13.7. The van der Waals surface area contributed by atoms with Crippen molar-refractivity contribution < 1.29 is 19.7 Å². The van der Waals surface area contributed by atoms with Crippen molar-refractivity contribution in [3.8, 4) is 11.5 Å². The molecule has 2 aromatic rings. The lowest BCUT2D eigenvalue weighted by Gasteiger charge is -2.35. The summed E-state index contributed by atoms with van der Waals surface area (Å²) in [4.78, 5) is 0. The lowest BCUT2D eigenvalue weighted by atomic mass is 9.92. The summed E-state index contributed by atoms with van der Waals surface area (Å²) >= 11 is 0. The molecule has 0 amide bonds. The molecule has 2 N–H and O–H groups in total. The Morgan fingerprint density at radius 1 is 0.621 bits per heavy atom. The van der Waals surface area contributed by atoms with Gasteiger partial charge in [0.25, 0.3) is 0 Å². The van der Waals surface area contributed by atoms with Crippen molar-refractivity contribution in [2.24, 2.45) is 0 Å². The standard InChI is InChI=1S/C25H36O4/c1-24(2,28-22-13-9-20(10-14-22)7-5-17-26)19-25(3,4)29-23-15-11-21(12-16-23)8-6-18-27/h9-16,26-27H,5-8,17-19H2,1-4H3. The molecule has 0 spiro atoms. The predicted octanol–water partition coefficient (Wildman–Crippen LogP) is 4.94. The van der Waals surface area contributed by atoms with E-state index in [0.29, 0.717) is 0 Å².